The van der Waals surface area contributed by atoms with Crippen LogP contribution in [0, 0.1) is 0 Å². The maximum absolute atomic E-state index is 11.3. The lowest BCUT2D eigenvalue weighted by Gasteiger charge is -2.11. The number of carbonyl (C=O) groups is 4. The Kier molecular flexibility index (Phi) is 10.4. The Bertz CT molecular complexity index is 434. The predicted octanol–water partition coefficient (Wildman–Crippen LogP) is -0.829. The number of nitrogens with one attached hydrogen (secondary N) is 2. The summed E-state index contributed by atoms with van der Waals surface area (Å²) in [4.78, 5) is 47.7. The monoisotopic (exact) mass is 344 g/mol. The second kappa shape index (κ2) is 11.7. The molecular formula is C14H24N4O6. The van der Waals surface area contributed by atoms with Crippen molar-refractivity contribution in [3.8, 4) is 0 Å². The summed E-state index contributed by atoms with van der Waals surface area (Å²) in [6.07, 6.45) is 1.85. The van der Waals surface area contributed by atoms with E-state index in [1.807, 2.05) is 0 Å². The van der Waals surface area contributed by atoms with Crippen LogP contribution in [0.15, 0.2) is 12.2 Å². The molecule has 0 atom stereocenters. The van der Waals surface area contributed by atoms with Crippen LogP contribution in [0.4, 0.5) is 9.59 Å². The van der Waals surface area contributed by atoms with Crippen molar-refractivity contribution >= 4 is 24.0 Å². The smallest absolute Gasteiger partial charge is 0.331 e. The summed E-state index contributed by atoms with van der Waals surface area (Å²) in [6.45, 7) is 0.280. The van der Waals surface area contributed by atoms with Crippen LogP contribution in [0.25, 0.3) is 0 Å². The SMILES string of the molecule is CN(C)C(=O)NCCOC(=O)/C=C/C(=O)OCCNC(=O)N(C)C. The van der Waals surface area contributed by atoms with Gasteiger partial charge >= 0.3 is 24.0 Å². The fourth-order valence-electron chi connectivity index (χ4n) is 1.17. The van der Waals surface area contributed by atoms with Crippen LogP contribution in [-0.4, -0.2) is 88.3 Å². The zero-order valence-corrected chi connectivity index (χ0v) is 14.3. The van der Waals surface area contributed by atoms with Crippen LogP contribution in [0.3, 0.4) is 0 Å². The zero-order chi connectivity index (χ0) is 18.5. The molecule has 0 unspecified atom stereocenters. The van der Waals surface area contributed by atoms with Gasteiger partial charge in [-0.25, -0.2) is 19.2 Å². The van der Waals surface area contributed by atoms with Gasteiger partial charge in [-0.1, -0.05) is 0 Å². The number of hydrogen-bond acceptors (Lipinski definition) is 6. The van der Waals surface area contributed by atoms with Crippen LogP contribution in [-0.2, 0) is 19.1 Å². The number of rotatable bonds is 8. The molecule has 0 saturated heterocycles. The number of ether oxygens (including phenoxy) is 2. The van der Waals surface area contributed by atoms with Crippen molar-refractivity contribution in [2.24, 2.45) is 0 Å². The Morgan fingerprint density at radius 1 is 0.750 bits per heavy atom. The third-order valence-electron chi connectivity index (χ3n) is 2.41. The van der Waals surface area contributed by atoms with E-state index in [4.69, 9.17) is 9.47 Å². The molecule has 0 heterocycles. The molecule has 0 radical (unpaired) electrons. The van der Waals surface area contributed by atoms with Gasteiger partial charge in [0.25, 0.3) is 0 Å². The number of amides is 4. The molecule has 10 nitrogen and oxygen atoms in total. The van der Waals surface area contributed by atoms with Crippen molar-refractivity contribution in [1.82, 2.24) is 20.4 Å². The molecule has 0 saturated carbocycles. The van der Waals surface area contributed by atoms with E-state index in [0.29, 0.717) is 0 Å². The van der Waals surface area contributed by atoms with Gasteiger partial charge in [0.1, 0.15) is 13.2 Å². The number of nitrogens with zero attached hydrogens (tertiary/aromatic N) is 2. The van der Waals surface area contributed by atoms with Gasteiger partial charge in [-0.05, 0) is 0 Å². The predicted molar refractivity (Wildman–Crippen MR) is 85.2 cm³/mol. The second-order valence-electron chi connectivity index (χ2n) is 4.92. The molecule has 0 aromatic heterocycles. The van der Waals surface area contributed by atoms with E-state index in [1.165, 1.54) is 9.80 Å². The Morgan fingerprint density at radius 2 is 1.08 bits per heavy atom. The van der Waals surface area contributed by atoms with Crippen molar-refractivity contribution in [3.63, 3.8) is 0 Å². The quantitative estimate of drug-likeness (QED) is 0.337. The lowest BCUT2D eigenvalue weighted by atomic mass is 10.5. The molecule has 4 amide bonds. The standard InChI is InChI=1S/C14H24N4O6/c1-17(2)13(21)15-7-9-23-11(19)5-6-12(20)24-10-8-16-14(22)18(3)4/h5-6H,7-10H2,1-4H3,(H,15,21)(H,16,22)/b6-5+. The van der Waals surface area contributed by atoms with Gasteiger partial charge in [-0.15, -0.1) is 0 Å². The van der Waals surface area contributed by atoms with E-state index < -0.39 is 11.9 Å². The molecule has 0 aromatic carbocycles. The molecule has 0 bridgehead atoms. The molecule has 0 spiro atoms. The molecule has 0 fully saturated rings. The van der Waals surface area contributed by atoms with Crippen LogP contribution in [0.5, 0.6) is 0 Å². The van der Waals surface area contributed by atoms with E-state index >= 15 is 0 Å². The summed E-state index contributed by atoms with van der Waals surface area (Å²) in [6, 6.07) is -0.599. The van der Waals surface area contributed by atoms with E-state index in [-0.39, 0.29) is 38.4 Å². The average molecular weight is 344 g/mol. The Hall–Kier alpha value is -2.78. The topological polar surface area (TPSA) is 117 Å². The summed E-state index contributed by atoms with van der Waals surface area (Å²) < 4.78 is 9.55. The first kappa shape index (κ1) is 21.2. The Balaban J connectivity index is 3.79. The fraction of sp³-hybridized carbons (Fsp3) is 0.571. The summed E-state index contributed by atoms with van der Waals surface area (Å²) in [5.74, 6) is -1.46. The maximum Gasteiger partial charge on any atom is 0.331 e. The number of esters is 2. The van der Waals surface area contributed by atoms with Crippen LogP contribution < -0.4 is 10.6 Å². The third-order valence-corrected chi connectivity index (χ3v) is 2.41. The van der Waals surface area contributed by atoms with E-state index in [1.54, 1.807) is 28.2 Å². The molecular weight excluding hydrogens is 320 g/mol. The molecule has 0 rings (SSSR count). The molecule has 0 aliphatic heterocycles. The van der Waals surface area contributed by atoms with Gasteiger partial charge in [0.15, 0.2) is 0 Å². The first-order valence-electron chi connectivity index (χ1n) is 7.16. The Morgan fingerprint density at radius 3 is 1.38 bits per heavy atom. The van der Waals surface area contributed by atoms with Gasteiger partial charge in [0.05, 0.1) is 13.1 Å². The lowest BCUT2D eigenvalue weighted by Crippen LogP contribution is -2.36. The highest BCUT2D eigenvalue weighted by molar-refractivity contribution is 5.91. The first-order valence-corrected chi connectivity index (χ1v) is 7.16. The number of urea groups is 2. The van der Waals surface area contributed by atoms with E-state index in [0.717, 1.165) is 12.2 Å². The highest BCUT2D eigenvalue weighted by Gasteiger charge is 2.05. The van der Waals surface area contributed by atoms with Gasteiger partial charge in [-0.3, -0.25) is 0 Å². The minimum absolute atomic E-state index is 0.0195. The normalized spacial score (nSPS) is 10.0. The molecule has 2 N–H and O–H groups in total. The molecule has 0 aliphatic carbocycles. The van der Waals surface area contributed by atoms with Crippen molar-refractivity contribution in [2.75, 3.05) is 54.5 Å². The van der Waals surface area contributed by atoms with Crippen molar-refractivity contribution in [1.29, 1.82) is 0 Å². The second-order valence-corrected chi connectivity index (χ2v) is 4.92. The van der Waals surface area contributed by atoms with Crippen molar-refractivity contribution in [2.45, 2.75) is 0 Å². The average Bonchev–Trinajstić information content (AvgIpc) is 2.52. The van der Waals surface area contributed by atoms with Gasteiger partial charge in [0, 0.05) is 40.3 Å². The van der Waals surface area contributed by atoms with E-state index in [9.17, 15) is 19.2 Å². The van der Waals surface area contributed by atoms with Crippen LogP contribution >= 0.6 is 0 Å². The molecule has 10 heteroatoms. The maximum atomic E-state index is 11.3. The molecule has 136 valence electrons. The minimum Gasteiger partial charge on any atom is -0.461 e. The molecule has 0 aromatic rings. The highest BCUT2D eigenvalue weighted by atomic mass is 16.5. The Labute approximate surface area is 140 Å². The summed E-state index contributed by atoms with van der Waals surface area (Å²) in [7, 11) is 6.34. The van der Waals surface area contributed by atoms with Crippen LogP contribution in [0.2, 0.25) is 0 Å². The van der Waals surface area contributed by atoms with Crippen molar-refractivity contribution < 1.29 is 28.7 Å². The molecule has 24 heavy (non-hydrogen) atoms. The van der Waals surface area contributed by atoms with Crippen LogP contribution in [0.1, 0.15) is 0 Å². The zero-order valence-electron chi connectivity index (χ0n) is 14.3. The minimum atomic E-state index is -0.730. The third kappa shape index (κ3) is 10.9. The number of hydrogen-bond donors (Lipinski definition) is 2. The summed E-state index contributed by atoms with van der Waals surface area (Å²) >= 11 is 0. The summed E-state index contributed by atoms with van der Waals surface area (Å²) in [5.41, 5.74) is 0. The number of carbonyl (C=O) groups excluding carboxylic acids is 4. The molecule has 0 aliphatic rings. The van der Waals surface area contributed by atoms with Crippen molar-refractivity contribution in [3.05, 3.63) is 12.2 Å². The van der Waals surface area contributed by atoms with Gasteiger partial charge < -0.3 is 29.9 Å². The van der Waals surface area contributed by atoms with E-state index in [2.05, 4.69) is 10.6 Å². The lowest BCUT2D eigenvalue weighted by molar-refractivity contribution is -0.140. The van der Waals surface area contributed by atoms with Gasteiger partial charge in [0.2, 0.25) is 0 Å². The first-order chi connectivity index (χ1) is 11.2. The fourth-order valence-corrected chi connectivity index (χ4v) is 1.17. The van der Waals surface area contributed by atoms with Gasteiger partial charge in [-0.2, -0.15) is 0 Å². The highest BCUT2D eigenvalue weighted by Crippen LogP contribution is 1.86. The summed E-state index contributed by atoms with van der Waals surface area (Å²) in [5, 5.41) is 5.02. The largest absolute Gasteiger partial charge is 0.461 e.